The molecule has 0 atom stereocenters. The fourth-order valence-electron chi connectivity index (χ4n) is 2.20. The van der Waals surface area contributed by atoms with Crippen LogP contribution in [0.4, 0.5) is 10.5 Å². The van der Waals surface area contributed by atoms with Crippen LogP contribution in [0.1, 0.15) is 23.6 Å². The number of carbonyl (C=O) groups excluding carboxylic acids is 1. The molecule has 4 heteroatoms. The second-order valence-corrected chi connectivity index (χ2v) is 5.10. The molecule has 4 nitrogen and oxygen atoms in total. The predicted octanol–water partition coefficient (Wildman–Crippen LogP) is 3.89. The number of rotatable bonds is 5. The first-order chi connectivity index (χ1) is 10.6. The van der Waals surface area contributed by atoms with Gasteiger partial charge in [0, 0.05) is 18.3 Å². The number of aryl methyl sites for hydroxylation is 2. The first-order valence-corrected chi connectivity index (χ1v) is 7.43. The molecule has 2 aromatic carbocycles. The number of urea groups is 1. The molecule has 0 aliphatic rings. The number of ether oxygens (including phenoxy) is 1. The number of para-hydroxylation sites is 1. The van der Waals surface area contributed by atoms with E-state index in [9.17, 15) is 4.79 Å². The van der Waals surface area contributed by atoms with Crippen LogP contribution in [0.5, 0.6) is 5.75 Å². The van der Waals surface area contributed by atoms with Crippen molar-refractivity contribution < 1.29 is 9.53 Å². The van der Waals surface area contributed by atoms with Gasteiger partial charge in [-0.25, -0.2) is 4.79 Å². The summed E-state index contributed by atoms with van der Waals surface area (Å²) in [6.07, 6.45) is 1.01. The van der Waals surface area contributed by atoms with Gasteiger partial charge in [0.25, 0.3) is 0 Å². The van der Waals surface area contributed by atoms with E-state index >= 15 is 0 Å². The lowest BCUT2D eigenvalue weighted by Gasteiger charge is -2.13. The van der Waals surface area contributed by atoms with Crippen molar-refractivity contribution in [3.05, 3.63) is 59.2 Å². The molecule has 0 spiro atoms. The second kappa shape index (κ2) is 7.50. The van der Waals surface area contributed by atoms with E-state index in [0.717, 1.165) is 29.0 Å². The minimum Gasteiger partial charge on any atom is -0.489 e. The van der Waals surface area contributed by atoms with E-state index in [-0.39, 0.29) is 6.03 Å². The van der Waals surface area contributed by atoms with Gasteiger partial charge in [0.2, 0.25) is 0 Å². The van der Waals surface area contributed by atoms with Gasteiger partial charge in [0.05, 0.1) is 0 Å². The van der Waals surface area contributed by atoms with Gasteiger partial charge in [0.1, 0.15) is 12.4 Å². The third-order valence-corrected chi connectivity index (χ3v) is 3.52. The molecule has 2 amide bonds. The number of hydrogen-bond acceptors (Lipinski definition) is 2. The molecule has 0 fully saturated rings. The Kier molecular flexibility index (Phi) is 5.42. The molecule has 0 saturated heterocycles. The van der Waals surface area contributed by atoms with Crippen molar-refractivity contribution >= 4 is 11.7 Å². The Labute approximate surface area is 131 Å². The van der Waals surface area contributed by atoms with E-state index < -0.39 is 0 Å². The lowest BCUT2D eigenvalue weighted by atomic mass is 10.1. The van der Waals surface area contributed by atoms with E-state index in [4.69, 9.17) is 4.74 Å². The van der Waals surface area contributed by atoms with E-state index in [1.54, 1.807) is 7.05 Å². The summed E-state index contributed by atoms with van der Waals surface area (Å²) >= 11 is 0. The number of hydrogen-bond donors (Lipinski definition) is 2. The summed E-state index contributed by atoms with van der Waals surface area (Å²) in [5.74, 6) is 0.868. The highest BCUT2D eigenvalue weighted by atomic mass is 16.5. The summed E-state index contributed by atoms with van der Waals surface area (Å²) < 4.78 is 5.91. The summed E-state index contributed by atoms with van der Waals surface area (Å²) in [4.78, 5) is 11.5. The maximum absolute atomic E-state index is 11.5. The van der Waals surface area contributed by atoms with Crippen LogP contribution in [0, 0.1) is 6.92 Å². The number of benzene rings is 2. The number of amides is 2. The molecule has 2 aromatic rings. The van der Waals surface area contributed by atoms with Crippen LogP contribution in [0.25, 0.3) is 0 Å². The van der Waals surface area contributed by atoms with Crippen molar-refractivity contribution in [2.75, 3.05) is 12.4 Å². The van der Waals surface area contributed by atoms with E-state index in [2.05, 4.69) is 29.7 Å². The largest absolute Gasteiger partial charge is 0.489 e. The summed E-state index contributed by atoms with van der Waals surface area (Å²) in [7, 11) is 1.59. The summed E-state index contributed by atoms with van der Waals surface area (Å²) in [6.45, 7) is 4.59. The summed E-state index contributed by atoms with van der Waals surface area (Å²) in [5, 5.41) is 5.34. The van der Waals surface area contributed by atoms with Gasteiger partial charge < -0.3 is 15.4 Å². The average molecular weight is 298 g/mol. The van der Waals surface area contributed by atoms with Crippen molar-refractivity contribution in [3.63, 3.8) is 0 Å². The summed E-state index contributed by atoms with van der Waals surface area (Å²) in [6, 6.07) is 13.6. The van der Waals surface area contributed by atoms with Gasteiger partial charge in [-0.1, -0.05) is 37.3 Å². The van der Waals surface area contributed by atoms with Gasteiger partial charge in [-0.3, -0.25) is 0 Å². The highest BCUT2D eigenvalue weighted by molar-refractivity contribution is 5.89. The Hall–Kier alpha value is -2.49. The van der Waals surface area contributed by atoms with Gasteiger partial charge in [-0.2, -0.15) is 0 Å². The molecule has 0 saturated carbocycles. The third-order valence-electron chi connectivity index (χ3n) is 3.52. The standard InChI is InChI=1S/C18H22N2O2/c1-4-14-9-10-17(13(2)11-14)22-12-15-7-5-6-8-16(15)20-18(21)19-3/h5-11H,4,12H2,1-3H3,(H2,19,20,21). The van der Waals surface area contributed by atoms with Crippen LogP contribution in [-0.4, -0.2) is 13.1 Å². The van der Waals surface area contributed by atoms with Crippen molar-refractivity contribution in [1.29, 1.82) is 0 Å². The topological polar surface area (TPSA) is 50.4 Å². The molecule has 0 aromatic heterocycles. The minimum atomic E-state index is -0.240. The second-order valence-electron chi connectivity index (χ2n) is 5.10. The maximum Gasteiger partial charge on any atom is 0.318 e. The number of carbonyl (C=O) groups is 1. The highest BCUT2D eigenvalue weighted by Crippen LogP contribution is 2.22. The summed E-state index contributed by atoms with van der Waals surface area (Å²) in [5.41, 5.74) is 4.11. The van der Waals surface area contributed by atoms with Crippen LogP contribution in [-0.2, 0) is 13.0 Å². The molecule has 22 heavy (non-hydrogen) atoms. The monoisotopic (exact) mass is 298 g/mol. The number of nitrogens with one attached hydrogen (secondary N) is 2. The molecule has 2 N–H and O–H groups in total. The van der Waals surface area contributed by atoms with E-state index in [0.29, 0.717) is 6.61 Å². The number of anilines is 1. The highest BCUT2D eigenvalue weighted by Gasteiger charge is 2.07. The normalized spacial score (nSPS) is 10.1. The zero-order valence-corrected chi connectivity index (χ0v) is 13.3. The quantitative estimate of drug-likeness (QED) is 0.880. The molecular weight excluding hydrogens is 276 g/mol. The van der Waals surface area contributed by atoms with Gasteiger partial charge in [-0.15, -0.1) is 0 Å². The molecule has 0 aliphatic heterocycles. The molecule has 0 aliphatic carbocycles. The first kappa shape index (κ1) is 15.9. The van der Waals surface area contributed by atoms with Gasteiger partial charge >= 0.3 is 6.03 Å². The van der Waals surface area contributed by atoms with Crippen LogP contribution in [0.2, 0.25) is 0 Å². The van der Waals surface area contributed by atoms with Crippen molar-refractivity contribution in [3.8, 4) is 5.75 Å². The van der Waals surface area contributed by atoms with E-state index in [1.165, 1.54) is 5.56 Å². The Bertz CT molecular complexity index is 653. The van der Waals surface area contributed by atoms with Gasteiger partial charge in [0.15, 0.2) is 0 Å². The molecule has 0 radical (unpaired) electrons. The Balaban J connectivity index is 2.10. The van der Waals surface area contributed by atoms with Crippen molar-refractivity contribution in [1.82, 2.24) is 5.32 Å². The Morgan fingerprint density at radius 3 is 2.64 bits per heavy atom. The SMILES string of the molecule is CCc1ccc(OCc2ccccc2NC(=O)NC)c(C)c1. The molecule has 2 rings (SSSR count). The smallest absolute Gasteiger partial charge is 0.318 e. The molecule has 116 valence electrons. The zero-order valence-electron chi connectivity index (χ0n) is 13.3. The first-order valence-electron chi connectivity index (χ1n) is 7.43. The average Bonchev–Trinajstić information content (AvgIpc) is 2.54. The fourth-order valence-corrected chi connectivity index (χ4v) is 2.20. The van der Waals surface area contributed by atoms with Crippen LogP contribution in [0.3, 0.4) is 0 Å². The Morgan fingerprint density at radius 2 is 1.95 bits per heavy atom. The lowest BCUT2D eigenvalue weighted by molar-refractivity contribution is 0.254. The van der Waals surface area contributed by atoms with Crippen LogP contribution < -0.4 is 15.4 Å². The van der Waals surface area contributed by atoms with Crippen molar-refractivity contribution in [2.24, 2.45) is 0 Å². The molecule has 0 heterocycles. The fraction of sp³-hybridized carbons (Fsp3) is 0.278. The Morgan fingerprint density at radius 1 is 1.18 bits per heavy atom. The molecular formula is C18H22N2O2. The predicted molar refractivity (Wildman–Crippen MR) is 89.4 cm³/mol. The maximum atomic E-state index is 11.5. The van der Waals surface area contributed by atoms with Crippen LogP contribution in [0.15, 0.2) is 42.5 Å². The minimum absolute atomic E-state index is 0.240. The lowest BCUT2D eigenvalue weighted by Crippen LogP contribution is -2.25. The van der Waals surface area contributed by atoms with Gasteiger partial charge in [-0.05, 0) is 36.6 Å². The van der Waals surface area contributed by atoms with Crippen LogP contribution >= 0.6 is 0 Å². The van der Waals surface area contributed by atoms with E-state index in [1.807, 2.05) is 37.3 Å². The zero-order chi connectivity index (χ0) is 15.9. The molecule has 0 unspecified atom stereocenters. The third kappa shape index (κ3) is 4.01. The molecule has 0 bridgehead atoms. The van der Waals surface area contributed by atoms with Crippen molar-refractivity contribution in [2.45, 2.75) is 26.9 Å².